The van der Waals surface area contributed by atoms with Gasteiger partial charge in [0.05, 0.1) is 15.6 Å². The molecule has 2 aromatic rings. The van der Waals surface area contributed by atoms with E-state index in [0.717, 1.165) is 16.9 Å². The van der Waals surface area contributed by atoms with Crippen molar-refractivity contribution in [3.05, 3.63) is 58.0 Å². The number of amides is 1. The molecule has 25 heavy (non-hydrogen) atoms. The van der Waals surface area contributed by atoms with Gasteiger partial charge in [0, 0.05) is 19.8 Å². The minimum atomic E-state index is -0.170. The Labute approximate surface area is 160 Å². The van der Waals surface area contributed by atoms with Crippen molar-refractivity contribution in [3.63, 3.8) is 0 Å². The highest BCUT2D eigenvalue weighted by Gasteiger charge is 2.33. The molecule has 0 unspecified atom stereocenters. The zero-order valence-electron chi connectivity index (χ0n) is 13.6. The van der Waals surface area contributed by atoms with Crippen molar-refractivity contribution < 1.29 is 9.90 Å². The predicted octanol–water partition coefficient (Wildman–Crippen LogP) is 4.52. The highest BCUT2D eigenvalue weighted by Crippen LogP contribution is 2.37. The average molecular weight is 391 g/mol. The Kier molecular flexibility index (Phi) is 5.03. The summed E-state index contributed by atoms with van der Waals surface area (Å²) in [5.74, 6) is -0.163. The SMILES string of the molecule is CN(C)c1ccc(N2C(=O)/C(=C\c3ccc(O)c(Cl)c3)SC2=S)cc1. The van der Waals surface area contributed by atoms with E-state index in [-0.39, 0.29) is 16.7 Å². The number of nitrogens with zero attached hydrogens (tertiary/aromatic N) is 2. The molecule has 7 heteroatoms. The van der Waals surface area contributed by atoms with Crippen LogP contribution in [0.1, 0.15) is 5.56 Å². The second kappa shape index (κ2) is 7.07. The van der Waals surface area contributed by atoms with Gasteiger partial charge in [0.2, 0.25) is 0 Å². The fourth-order valence-electron chi connectivity index (χ4n) is 2.35. The number of thioether (sulfide) groups is 1. The summed E-state index contributed by atoms with van der Waals surface area (Å²) in [5, 5.41) is 9.73. The first kappa shape index (κ1) is 17.8. The van der Waals surface area contributed by atoms with Gasteiger partial charge >= 0.3 is 0 Å². The Balaban J connectivity index is 1.89. The van der Waals surface area contributed by atoms with Crippen molar-refractivity contribution in [2.24, 2.45) is 0 Å². The van der Waals surface area contributed by atoms with E-state index in [2.05, 4.69) is 0 Å². The van der Waals surface area contributed by atoms with Gasteiger partial charge in [-0.25, -0.2) is 0 Å². The van der Waals surface area contributed by atoms with Crippen LogP contribution in [-0.4, -0.2) is 29.4 Å². The van der Waals surface area contributed by atoms with E-state index in [1.807, 2.05) is 43.3 Å². The number of hydrogen-bond acceptors (Lipinski definition) is 5. The van der Waals surface area contributed by atoms with E-state index in [1.165, 1.54) is 22.7 Å². The first-order chi connectivity index (χ1) is 11.9. The van der Waals surface area contributed by atoms with Crippen LogP contribution in [0.15, 0.2) is 47.4 Å². The van der Waals surface area contributed by atoms with Crippen molar-refractivity contribution in [2.75, 3.05) is 23.9 Å². The third kappa shape index (κ3) is 3.66. The molecular weight excluding hydrogens is 376 g/mol. The molecule has 0 bridgehead atoms. The molecule has 1 heterocycles. The summed E-state index contributed by atoms with van der Waals surface area (Å²) in [5.41, 5.74) is 2.51. The molecule has 3 rings (SSSR count). The first-order valence-corrected chi connectivity index (χ1v) is 9.01. The fourth-order valence-corrected chi connectivity index (χ4v) is 3.84. The van der Waals surface area contributed by atoms with Gasteiger partial charge < -0.3 is 10.0 Å². The Morgan fingerprint density at radius 2 is 1.88 bits per heavy atom. The lowest BCUT2D eigenvalue weighted by molar-refractivity contribution is -0.113. The average Bonchev–Trinajstić information content (AvgIpc) is 2.85. The van der Waals surface area contributed by atoms with Crippen LogP contribution in [0.4, 0.5) is 11.4 Å². The fraction of sp³-hybridized carbons (Fsp3) is 0.111. The molecule has 0 atom stereocenters. The number of halogens is 1. The van der Waals surface area contributed by atoms with Gasteiger partial charge in [-0.05, 0) is 48.0 Å². The van der Waals surface area contributed by atoms with Crippen molar-refractivity contribution >= 4 is 63.3 Å². The molecule has 0 aromatic heterocycles. The van der Waals surface area contributed by atoms with Crippen LogP contribution in [0, 0.1) is 0 Å². The molecule has 1 fully saturated rings. The molecule has 0 saturated carbocycles. The highest BCUT2D eigenvalue weighted by atomic mass is 35.5. The number of phenols is 1. The predicted molar refractivity (Wildman–Crippen MR) is 110 cm³/mol. The monoisotopic (exact) mass is 390 g/mol. The summed E-state index contributed by atoms with van der Waals surface area (Å²) in [6, 6.07) is 12.4. The van der Waals surface area contributed by atoms with Crippen LogP contribution in [0.5, 0.6) is 5.75 Å². The molecule has 1 N–H and O–H groups in total. The molecule has 4 nitrogen and oxygen atoms in total. The smallest absolute Gasteiger partial charge is 0.270 e. The minimum absolute atomic E-state index is 0.00680. The highest BCUT2D eigenvalue weighted by molar-refractivity contribution is 8.27. The first-order valence-electron chi connectivity index (χ1n) is 7.40. The molecule has 2 aromatic carbocycles. The Hall–Kier alpha value is -2.02. The van der Waals surface area contributed by atoms with E-state index < -0.39 is 0 Å². The lowest BCUT2D eigenvalue weighted by Gasteiger charge is -2.17. The summed E-state index contributed by atoms with van der Waals surface area (Å²) >= 11 is 12.5. The molecule has 0 radical (unpaired) electrons. The van der Waals surface area contributed by atoms with Gasteiger partial charge in [-0.3, -0.25) is 9.69 Å². The molecule has 1 aliphatic rings. The maximum atomic E-state index is 12.7. The topological polar surface area (TPSA) is 43.8 Å². The number of rotatable bonds is 3. The quantitative estimate of drug-likeness (QED) is 0.616. The molecule has 1 amide bonds. The van der Waals surface area contributed by atoms with Gasteiger partial charge in [0.25, 0.3) is 5.91 Å². The number of thiocarbonyl (C=S) groups is 1. The van der Waals surface area contributed by atoms with Crippen LogP contribution in [0.3, 0.4) is 0 Å². The van der Waals surface area contributed by atoms with Crippen LogP contribution in [0.25, 0.3) is 6.08 Å². The largest absolute Gasteiger partial charge is 0.506 e. The number of anilines is 2. The number of benzene rings is 2. The zero-order chi connectivity index (χ0) is 18.1. The second-order valence-corrected chi connectivity index (χ2v) is 7.72. The third-order valence-electron chi connectivity index (χ3n) is 3.69. The Morgan fingerprint density at radius 1 is 1.20 bits per heavy atom. The second-order valence-electron chi connectivity index (χ2n) is 5.64. The van der Waals surface area contributed by atoms with Gasteiger partial charge in [0.15, 0.2) is 4.32 Å². The van der Waals surface area contributed by atoms with Crippen LogP contribution >= 0.6 is 35.6 Å². The number of carbonyl (C=O) groups excluding carboxylic acids is 1. The summed E-state index contributed by atoms with van der Waals surface area (Å²) < 4.78 is 0.485. The van der Waals surface area contributed by atoms with E-state index in [1.54, 1.807) is 18.2 Å². The minimum Gasteiger partial charge on any atom is -0.506 e. The van der Waals surface area contributed by atoms with Crippen molar-refractivity contribution in [1.29, 1.82) is 0 Å². The van der Waals surface area contributed by atoms with Crippen molar-refractivity contribution in [3.8, 4) is 5.75 Å². The number of carbonyl (C=O) groups is 1. The Bertz CT molecular complexity index is 879. The summed E-state index contributed by atoms with van der Waals surface area (Å²) in [7, 11) is 3.92. The maximum Gasteiger partial charge on any atom is 0.270 e. The van der Waals surface area contributed by atoms with Crippen molar-refractivity contribution in [2.45, 2.75) is 0 Å². The number of aromatic hydroxyl groups is 1. The van der Waals surface area contributed by atoms with Gasteiger partial charge in [0.1, 0.15) is 5.75 Å². The standard InChI is InChI=1S/C18H15ClN2O2S2/c1-20(2)12-4-6-13(7-5-12)21-17(23)16(25-18(21)24)10-11-3-8-15(22)14(19)9-11/h3-10,22H,1-2H3/b16-10+. The van der Waals surface area contributed by atoms with E-state index in [9.17, 15) is 9.90 Å². The van der Waals surface area contributed by atoms with Crippen LogP contribution < -0.4 is 9.80 Å². The molecule has 128 valence electrons. The van der Waals surface area contributed by atoms with Crippen LogP contribution in [-0.2, 0) is 4.79 Å². The maximum absolute atomic E-state index is 12.7. The van der Waals surface area contributed by atoms with E-state index >= 15 is 0 Å². The zero-order valence-corrected chi connectivity index (χ0v) is 16.0. The summed E-state index contributed by atoms with van der Waals surface area (Å²) in [4.78, 5) is 16.8. The number of hydrogen-bond donors (Lipinski definition) is 1. The third-order valence-corrected chi connectivity index (χ3v) is 5.29. The lowest BCUT2D eigenvalue weighted by atomic mass is 10.2. The molecular formula is C18H15ClN2O2S2. The van der Waals surface area contributed by atoms with Crippen molar-refractivity contribution in [1.82, 2.24) is 0 Å². The Morgan fingerprint density at radius 3 is 2.48 bits per heavy atom. The molecule has 1 saturated heterocycles. The summed E-state index contributed by atoms with van der Waals surface area (Å²) in [6.45, 7) is 0. The number of phenolic OH excluding ortho intramolecular Hbond substituents is 1. The molecule has 0 aliphatic carbocycles. The normalized spacial score (nSPS) is 16.0. The summed E-state index contributed by atoms with van der Waals surface area (Å²) in [6.07, 6.45) is 1.72. The van der Waals surface area contributed by atoms with Gasteiger partial charge in [-0.2, -0.15) is 0 Å². The van der Waals surface area contributed by atoms with Gasteiger partial charge in [-0.1, -0.05) is 41.6 Å². The molecule has 0 spiro atoms. The van der Waals surface area contributed by atoms with Crippen LogP contribution in [0.2, 0.25) is 5.02 Å². The van der Waals surface area contributed by atoms with E-state index in [4.69, 9.17) is 23.8 Å². The molecule has 1 aliphatic heterocycles. The van der Waals surface area contributed by atoms with Gasteiger partial charge in [-0.15, -0.1) is 0 Å². The lowest BCUT2D eigenvalue weighted by Crippen LogP contribution is -2.27. The van der Waals surface area contributed by atoms with E-state index in [0.29, 0.717) is 9.23 Å².